The summed E-state index contributed by atoms with van der Waals surface area (Å²) in [7, 11) is 0. The molecule has 4 rings (SSSR count). The number of halogens is 5. The molecule has 2 N–H and O–H groups in total. The molecule has 15 heteroatoms. The number of benzene rings is 1. The number of pyridine rings is 2. The third kappa shape index (κ3) is 9.99. The Morgan fingerprint density at radius 2 is 1.73 bits per heavy atom. The zero-order valence-electron chi connectivity index (χ0n) is 24.9. The summed E-state index contributed by atoms with van der Waals surface area (Å²) in [6, 6.07) is 7.03. The van der Waals surface area contributed by atoms with Gasteiger partial charge in [0.1, 0.15) is 5.60 Å². The van der Waals surface area contributed by atoms with Crippen LogP contribution in [0.3, 0.4) is 0 Å². The summed E-state index contributed by atoms with van der Waals surface area (Å²) in [6.07, 6.45) is 0.0742. The molecule has 0 saturated heterocycles. The molecule has 0 atom stereocenters. The number of aromatic nitrogens is 4. The van der Waals surface area contributed by atoms with Crippen LogP contribution in [-0.2, 0) is 16.0 Å². The Labute approximate surface area is 255 Å². The first kappa shape index (κ1) is 33.4. The number of anilines is 1. The molecule has 0 aliphatic carbocycles. The number of carbonyl (C=O) groups is 1. The molecule has 0 bridgehead atoms. The Morgan fingerprint density at radius 1 is 1.02 bits per heavy atom. The number of ether oxygens (including phenoxy) is 3. The van der Waals surface area contributed by atoms with Crippen molar-refractivity contribution in [3.63, 3.8) is 0 Å². The van der Waals surface area contributed by atoms with E-state index in [0.717, 1.165) is 22.3 Å². The van der Waals surface area contributed by atoms with Gasteiger partial charge in [-0.3, -0.25) is 10.1 Å². The number of nitrogens with zero attached hydrogens (tertiary/aromatic N) is 4. The van der Waals surface area contributed by atoms with Crippen LogP contribution in [0.15, 0.2) is 48.9 Å². The Hall–Kier alpha value is -4.53. The third-order valence-electron chi connectivity index (χ3n) is 6.23. The highest BCUT2D eigenvalue weighted by Gasteiger charge is 2.34. The van der Waals surface area contributed by atoms with Crippen LogP contribution < -0.4 is 10.1 Å². The van der Waals surface area contributed by atoms with Crippen LogP contribution in [0, 0.1) is 11.6 Å². The Bertz CT molecular complexity index is 1550. The normalized spacial score (nSPS) is 11.9. The molecular weight excluding hydrogens is 603 g/mol. The maximum atomic E-state index is 14.3. The Morgan fingerprint density at radius 3 is 2.40 bits per heavy atom. The summed E-state index contributed by atoms with van der Waals surface area (Å²) in [5.41, 5.74) is 2.22. The maximum Gasteiger partial charge on any atom is 0.573 e. The zero-order valence-corrected chi connectivity index (χ0v) is 24.9. The number of alkyl halides is 3. The van der Waals surface area contributed by atoms with Crippen LogP contribution in [0.5, 0.6) is 5.75 Å². The minimum absolute atomic E-state index is 0.0670. The molecule has 0 aliphatic heterocycles. The van der Waals surface area contributed by atoms with Crippen LogP contribution in [0.4, 0.5) is 32.4 Å². The van der Waals surface area contributed by atoms with Gasteiger partial charge in [0.15, 0.2) is 17.3 Å². The van der Waals surface area contributed by atoms with Crippen LogP contribution in [0.2, 0.25) is 0 Å². The summed E-state index contributed by atoms with van der Waals surface area (Å²) in [5, 5.41) is 11.1. The average Bonchev–Trinajstić information content (AvgIpc) is 3.44. The lowest BCUT2D eigenvalue weighted by atomic mass is 10.1. The molecule has 10 nitrogen and oxygen atoms in total. The number of aromatic amines is 1. The number of amides is 1. The number of H-pyrrole nitrogens is 1. The second kappa shape index (κ2) is 14.5. The molecule has 3 heterocycles. The smallest absolute Gasteiger partial charge is 0.444 e. The van der Waals surface area contributed by atoms with Crippen molar-refractivity contribution in [3.05, 3.63) is 66.1 Å². The molecule has 45 heavy (non-hydrogen) atoms. The quantitative estimate of drug-likeness (QED) is 0.121. The van der Waals surface area contributed by atoms with Gasteiger partial charge in [-0.15, -0.1) is 13.2 Å². The van der Waals surface area contributed by atoms with Crippen molar-refractivity contribution >= 4 is 22.8 Å². The van der Waals surface area contributed by atoms with E-state index in [4.69, 9.17) is 9.47 Å². The molecule has 0 spiro atoms. The lowest BCUT2D eigenvalue weighted by Gasteiger charge is -2.27. The van der Waals surface area contributed by atoms with Crippen molar-refractivity contribution in [1.82, 2.24) is 25.1 Å². The van der Waals surface area contributed by atoms with Gasteiger partial charge in [-0.25, -0.2) is 18.6 Å². The van der Waals surface area contributed by atoms with Crippen LogP contribution >= 0.6 is 0 Å². The molecule has 0 unspecified atom stereocenters. The van der Waals surface area contributed by atoms with Gasteiger partial charge < -0.3 is 24.4 Å². The highest BCUT2D eigenvalue weighted by Crippen LogP contribution is 2.30. The van der Waals surface area contributed by atoms with Gasteiger partial charge in [0, 0.05) is 49.9 Å². The van der Waals surface area contributed by atoms with E-state index in [1.807, 2.05) is 18.2 Å². The van der Waals surface area contributed by atoms with Gasteiger partial charge >= 0.3 is 12.5 Å². The first-order valence-electron chi connectivity index (χ1n) is 14.1. The highest BCUT2D eigenvalue weighted by atomic mass is 19.4. The van der Waals surface area contributed by atoms with Crippen molar-refractivity contribution in [2.45, 2.75) is 52.1 Å². The van der Waals surface area contributed by atoms with Crippen LogP contribution in [0.1, 0.15) is 39.2 Å². The number of rotatable bonds is 13. The van der Waals surface area contributed by atoms with Crippen molar-refractivity contribution < 1.29 is 41.0 Å². The van der Waals surface area contributed by atoms with E-state index in [9.17, 15) is 26.7 Å². The van der Waals surface area contributed by atoms with E-state index in [1.54, 1.807) is 39.4 Å². The first-order valence-corrected chi connectivity index (χ1v) is 14.1. The lowest BCUT2D eigenvalue weighted by Crippen LogP contribution is -2.37. The number of nitrogens with one attached hydrogen (secondary N) is 2. The molecule has 0 radical (unpaired) electrons. The summed E-state index contributed by atoms with van der Waals surface area (Å²) in [4.78, 5) is 22.7. The summed E-state index contributed by atoms with van der Waals surface area (Å²) in [6.45, 7) is 6.09. The summed E-state index contributed by atoms with van der Waals surface area (Å²) < 4.78 is 80.6. The molecule has 1 amide bonds. The van der Waals surface area contributed by atoms with Gasteiger partial charge in [0.05, 0.1) is 23.9 Å². The van der Waals surface area contributed by atoms with E-state index in [1.165, 1.54) is 4.90 Å². The third-order valence-corrected chi connectivity index (χ3v) is 6.23. The largest absolute Gasteiger partial charge is 0.573 e. The van der Waals surface area contributed by atoms with Crippen molar-refractivity contribution in [2.75, 3.05) is 31.6 Å². The molecule has 242 valence electrons. The zero-order chi connectivity index (χ0) is 32.6. The van der Waals surface area contributed by atoms with Gasteiger partial charge in [-0.1, -0.05) is 0 Å². The number of fused-ring (bicyclic) bond motifs is 1. The number of hydrogen-bond donors (Lipinski definition) is 2. The second-order valence-electron chi connectivity index (χ2n) is 11.0. The maximum absolute atomic E-state index is 14.3. The fourth-order valence-corrected chi connectivity index (χ4v) is 4.31. The Kier molecular flexibility index (Phi) is 10.8. The predicted molar refractivity (Wildman–Crippen MR) is 155 cm³/mol. The molecule has 0 aliphatic rings. The van der Waals surface area contributed by atoms with Gasteiger partial charge in [0.2, 0.25) is 5.75 Å². The van der Waals surface area contributed by atoms with E-state index in [-0.39, 0.29) is 18.7 Å². The van der Waals surface area contributed by atoms with E-state index < -0.39 is 35.4 Å². The lowest BCUT2D eigenvalue weighted by molar-refractivity contribution is -0.276. The summed E-state index contributed by atoms with van der Waals surface area (Å²) >= 11 is 0. The Balaban J connectivity index is 1.28. The number of carbonyl (C=O) groups excluding carboxylic acids is 1. The number of hydrogen-bond acceptors (Lipinski definition) is 8. The fraction of sp³-hybridized carbons (Fsp3) is 0.400. The SMILES string of the molecule is CC(C)(C)OC(=O)N(CCCCOCCNc1cc(-c2ccncc2)nc2[nH]ncc12)Cc1cc(F)c(OC(F)(F)F)c(F)c1. The van der Waals surface area contributed by atoms with Crippen molar-refractivity contribution in [1.29, 1.82) is 0 Å². The average molecular weight is 637 g/mol. The minimum atomic E-state index is -5.26. The van der Waals surface area contributed by atoms with E-state index >= 15 is 0 Å². The first-order chi connectivity index (χ1) is 21.3. The number of unbranched alkanes of at least 4 members (excludes halogenated alkanes) is 1. The van der Waals surface area contributed by atoms with Gasteiger partial charge in [0.25, 0.3) is 0 Å². The second-order valence-corrected chi connectivity index (χ2v) is 11.0. The molecule has 4 aromatic rings. The summed E-state index contributed by atoms with van der Waals surface area (Å²) in [5.74, 6) is -4.64. The molecule has 0 fully saturated rings. The van der Waals surface area contributed by atoms with Crippen LogP contribution in [-0.4, -0.2) is 69.4 Å². The molecule has 1 aromatic carbocycles. The molecular formula is C30H33F5N6O4. The topological polar surface area (TPSA) is 114 Å². The highest BCUT2D eigenvalue weighted by molar-refractivity contribution is 5.91. The van der Waals surface area contributed by atoms with Crippen LogP contribution in [0.25, 0.3) is 22.3 Å². The van der Waals surface area contributed by atoms with Gasteiger partial charge in [-0.05, 0) is 69.5 Å². The van der Waals surface area contributed by atoms with Crippen molar-refractivity contribution in [3.8, 4) is 17.0 Å². The predicted octanol–water partition coefficient (Wildman–Crippen LogP) is 6.84. The molecule has 3 aromatic heterocycles. The van der Waals surface area contributed by atoms with E-state index in [0.29, 0.717) is 50.4 Å². The standard InChI is InChI=1S/C30H33F5N6O4/c1-29(2,3)45-28(42)41(18-19-14-22(31)26(23(32)15-19)44-30(33,34)35)11-4-5-12-43-13-10-37-25-16-24(20-6-8-36-9-7-20)39-27-21(25)17-38-40-27/h6-9,14-17H,4-5,10-13,18H2,1-3H3,(H2,37,38,39,40). The monoisotopic (exact) mass is 636 g/mol. The van der Waals surface area contributed by atoms with Gasteiger partial charge in [-0.2, -0.15) is 5.10 Å². The van der Waals surface area contributed by atoms with Crippen molar-refractivity contribution in [2.24, 2.45) is 0 Å². The fourth-order valence-electron chi connectivity index (χ4n) is 4.31. The molecule has 0 saturated carbocycles. The minimum Gasteiger partial charge on any atom is -0.444 e. The van der Waals surface area contributed by atoms with E-state index in [2.05, 4.69) is 30.2 Å².